The summed E-state index contributed by atoms with van der Waals surface area (Å²) in [5.74, 6) is -1.23. The average molecular weight is 369 g/mol. The first-order valence-corrected chi connectivity index (χ1v) is 8.92. The van der Waals surface area contributed by atoms with Gasteiger partial charge < -0.3 is 15.3 Å². The highest BCUT2D eigenvalue weighted by Gasteiger charge is 2.45. The number of rotatable bonds is 7. The van der Waals surface area contributed by atoms with E-state index in [1.807, 2.05) is 18.2 Å². The van der Waals surface area contributed by atoms with Gasteiger partial charge >= 0.3 is 5.97 Å². The number of hydrogen-bond acceptors (Lipinski definition) is 5. The van der Waals surface area contributed by atoms with Gasteiger partial charge in [0.1, 0.15) is 11.6 Å². The van der Waals surface area contributed by atoms with Crippen LogP contribution in [0, 0.1) is 11.7 Å². The fraction of sp³-hybridized carbons (Fsp3) is 0.300. The number of nitrogens with one attached hydrogen (secondary N) is 2. The van der Waals surface area contributed by atoms with E-state index in [-0.39, 0.29) is 11.7 Å². The zero-order valence-corrected chi connectivity index (χ0v) is 14.6. The lowest BCUT2D eigenvalue weighted by Crippen LogP contribution is -2.23. The minimum absolute atomic E-state index is 0.215. The Kier molecular flexibility index (Phi) is 4.77. The van der Waals surface area contributed by atoms with Crippen LogP contribution < -0.4 is 15.6 Å². The highest BCUT2D eigenvalue weighted by atomic mass is 19.1. The van der Waals surface area contributed by atoms with Gasteiger partial charge in [0.15, 0.2) is 0 Å². The normalized spacial score (nSPS) is 20.7. The van der Waals surface area contributed by atoms with Gasteiger partial charge in [0.2, 0.25) is 0 Å². The molecule has 7 heteroatoms. The second kappa shape index (κ2) is 7.36. The van der Waals surface area contributed by atoms with Crippen molar-refractivity contribution in [2.24, 2.45) is 5.92 Å². The third-order valence-electron chi connectivity index (χ3n) is 4.90. The first-order chi connectivity index (χ1) is 13.1. The van der Waals surface area contributed by atoms with Crippen LogP contribution in [0.4, 0.5) is 4.39 Å². The number of nitrogens with zero attached hydrogens (tertiary/aromatic N) is 1. The lowest BCUT2D eigenvalue weighted by molar-refractivity contribution is -0.138. The Morgan fingerprint density at radius 3 is 2.89 bits per heavy atom. The summed E-state index contributed by atoms with van der Waals surface area (Å²) in [5, 5.41) is 9.04. The molecule has 0 bridgehead atoms. The van der Waals surface area contributed by atoms with Crippen LogP contribution in [-0.4, -0.2) is 29.2 Å². The maximum absolute atomic E-state index is 14.7. The zero-order chi connectivity index (χ0) is 18.8. The van der Waals surface area contributed by atoms with Crippen LogP contribution in [0.15, 0.2) is 42.6 Å². The molecule has 2 heterocycles. The average Bonchev–Trinajstić information content (AvgIpc) is 3.28. The van der Waals surface area contributed by atoms with E-state index in [1.54, 1.807) is 24.4 Å². The molecule has 0 radical (unpaired) electrons. The fourth-order valence-corrected chi connectivity index (χ4v) is 3.31. The van der Waals surface area contributed by atoms with Crippen molar-refractivity contribution in [1.82, 2.24) is 15.8 Å². The summed E-state index contributed by atoms with van der Waals surface area (Å²) in [4.78, 5) is 15.4. The van der Waals surface area contributed by atoms with Crippen LogP contribution in [0.5, 0.6) is 5.75 Å². The molecule has 4 rings (SSSR count). The molecule has 1 aliphatic heterocycles. The van der Waals surface area contributed by atoms with E-state index in [4.69, 9.17) is 9.84 Å². The quantitative estimate of drug-likeness (QED) is 0.696. The van der Waals surface area contributed by atoms with Gasteiger partial charge in [0.25, 0.3) is 0 Å². The van der Waals surface area contributed by atoms with Gasteiger partial charge in [-0.15, -0.1) is 0 Å². The Bertz CT molecular complexity index is 883. The number of carbonyl (C=O) groups is 1. The molecule has 1 fully saturated rings. The lowest BCUT2D eigenvalue weighted by Gasteiger charge is -2.10. The number of pyridine rings is 1. The number of aromatic nitrogens is 1. The Labute approximate surface area is 156 Å². The molecule has 27 heavy (non-hydrogen) atoms. The number of carboxylic acid groups (broad SMARTS) is 1. The summed E-state index contributed by atoms with van der Waals surface area (Å²) >= 11 is 0. The van der Waals surface area contributed by atoms with Crippen molar-refractivity contribution in [2.45, 2.75) is 18.8 Å². The molecule has 6 nitrogen and oxygen atoms in total. The molecule has 1 aromatic carbocycles. The van der Waals surface area contributed by atoms with Gasteiger partial charge in [0, 0.05) is 18.9 Å². The lowest BCUT2D eigenvalue weighted by atomic mass is 10.0. The van der Waals surface area contributed by atoms with Gasteiger partial charge in [-0.2, -0.15) is 0 Å². The van der Waals surface area contributed by atoms with Crippen LogP contribution in [0.25, 0.3) is 5.70 Å². The highest BCUT2D eigenvalue weighted by Crippen LogP contribution is 2.48. The van der Waals surface area contributed by atoms with E-state index in [9.17, 15) is 9.18 Å². The Morgan fingerprint density at radius 1 is 1.33 bits per heavy atom. The molecule has 140 valence electrons. The summed E-state index contributed by atoms with van der Waals surface area (Å²) < 4.78 is 20.4. The van der Waals surface area contributed by atoms with Crippen molar-refractivity contribution in [1.29, 1.82) is 0 Å². The summed E-state index contributed by atoms with van der Waals surface area (Å²) in [6, 6.07) is 8.86. The highest BCUT2D eigenvalue weighted by molar-refractivity contribution is 5.75. The first-order valence-electron chi connectivity index (χ1n) is 8.92. The smallest absolute Gasteiger partial charge is 0.307 e. The molecule has 2 aliphatic rings. The number of hydrogen-bond donors (Lipinski definition) is 3. The Balaban J connectivity index is 1.35. The number of halogens is 1. The molecule has 0 spiro atoms. The van der Waals surface area contributed by atoms with Gasteiger partial charge in [-0.25, -0.2) is 9.82 Å². The predicted molar refractivity (Wildman–Crippen MR) is 97.4 cm³/mol. The fourth-order valence-electron chi connectivity index (χ4n) is 3.31. The van der Waals surface area contributed by atoms with Crippen molar-refractivity contribution in [3.63, 3.8) is 0 Å². The van der Waals surface area contributed by atoms with Gasteiger partial charge in [0.05, 0.1) is 30.1 Å². The van der Waals surface area contributed by atoms with E-state index in [2.05, 4.69) is 15.8 Å². The first kappa shape index (κ1) is 17.5. The van der Waals surface area contributed by atoms with Gasteiger partial charge in [-0.3, -0.25) is 9.78 Å². The minimum atomic E-state index is -0.858. The predicted octanol–water partition coefficient (Wildman–Crippen LogP) is 2.48. The molecule has 2 atom stereocenters. The van der Waals surface area contributed by atoms with Crippen molar-refractivity contribution in [3.05, 3.63) is 65.2 Å². The maximum Gasteiger partial charge on any atom is 0.307 e. The van der Waals surface area contributed by atoms with Crippen molar-refractivity contribution >= 4 is 11.7 Å². The van der Waals surface area contributed by atoms with Crippen molar-refractivity contribution in [2.75, 3.05) is 13.2 Å². The van der Waals surface area contributed by atoms with Crippen molar-refractivity contribution in [3.8, 4) is 5.75 Å². The molecule has 3 N–H and O–H groups in total. The van der Waals surface area contributed by atoms with E-state index >= 15 is 0 Å². The molecule has 0 saturated heterocycles. The van der Waals surface area contributed by atoms with Crippen molar-refractivity contribution < 1.29 is 19.0 Å². The van der Waals surface area contributed by atoms with E-state index < -0.39 is 11.9 Å². The Hall–Kier alpha value is -2.93. The second-order valence-electron chi connectivity index (χ2n) is 6.71. The van der Waals surface area contributed by atoms with Crippen LogP contribution in [0.2, 0.25) is 0 Å². The van der Waals surface area contributed by atoms with E-state index in [0.29, 0.717) is 36.3 Å². The molecule has 1 aliphatic carbocycles. The molecular formula is C20H20FN3O3. The zero-order valence-electron chi connectivity index (χ0n) is 14.6. The summed E-state index contributed by atoms with van der Waals surface area (Å²) in [5.41, 5.74) is 8.80. The maximum atomic E-state index is 14.7. The van der Waals surface area contributed by atoms with Gasteiger partial charge in [-0.05, 0) is 35.8 Å². The Morgan fingerprint density at radius 2 is 2.22 bits per heavy atom. The van der Waals surface area contributed by atoms with Gasteiger partial charge in [-0.1, -0.05) is 18.2 Å². The van der Waals surface area contributed by atoms with Crippen LogP contribution in [0.3, 0.4) is 0 Å². The molecule has 2 unspecified atom stereocenters. The largest absolute Gasteiger partial charge is 0.492 e. The molecule has 0 amide bonds. The number of ether oxygens (including phenoxy) is 1. The number of aliphatic carboxylic acids is 1. The SMILES string of the molecule is O=C(O)C1CC1c1cccc(CCOc2ccc(C3=CCNN3)nc2)c1F. The number of carboxylic acids is 1. The minimum Gasteiger partial charge on any atom is -0.492 e. The van der Waals surface area contributed by atoms with E-state index in [1.165, 1.54) is 0 Å². The van der Waals surface area contributed by atoms with Crippen LogP contribution >= 0.6 is 0 Å². The molecule has 1 saturated carbocycles. The standard InChI is InChI=1S/C20H20FN3O3/c21-19-12(2-1-3-14(19)15-10-16(15)20(25)26)7-9-27-13-4-5-17(22-11-13)18-6-8-23-24-18/h1-6,11,15-16,23-24H,7-10H2,(H,25,26). The summed E-state index contributed by atoms with van der Waals surface area (Å²) in [6.45, 7) is 1.07. The summed E-state index contributed by atoms with van der Waals surface area (Å²) in [7, 11) is 0. The molecule has 1 aromatic heterocycles. The molecule has 2 aromatic rings. The third kappa shape index (κ3) is 3.78. The topological polar surface area (TPSA) is 83.5 Å². The number of benzene rings is 1. The van der Waals surface area contributed by atoms with Crippen LogP contribution in [0.1, 0.15) is 29.2 Å². The molecular weight excluding hydrogens is 349 g/mol. The second-order valence-corrected chi connectivity index (χ2v) is 6.71. The summed E-state index contributed by atoms with van der Waals surface area (Å²) in [6.07, 6.45) is 4.56. The van der Waals surface area contributed by atoms with E-state index in [0.717, 1.165) is 17.9 Å². The third-order valence-corrected chi connectivity index (χ3v) is 4.90. The monoisotopic (exact) mass is 369 g/mol. The number of hydrazine groups is 1. The van der Waals surface area contributed by atoms with Crippen LogP contribution in [-0.2, 0) is 11.2 Å².